The molecule has 6 heteroatoms. The number of pyridine rings is 1. The second kappa shape index (κ2) is 7.56. The van der Waals surface area contributed by atoms with Crippen molar-refractivity contribution in [2.24, 2.45) is 0 Å². The first kappa shape index (κ1) is 15.2. The topological polar surface area (TPSA) is 45.2 Å². The maximum absolute atomic E-state index is 11.8. The monoisotopic (exact) mass is 289 g/mol. The number of halogens is 2. The normalized spacial score (nSPS) is 10.7. The third kappa shape index (κ3) is 4.44. The lowest BCUT2D eigenvalue weighted by Gasteiger charge is -2.17. The van der Waals surface area contributed by atoms with Gasteiger partial charge < -0.3 is 10.2 Å². The number of aromatic nitrogens is 1. The third-order valence-corrected chi connectivity index (χ3v) is 3.15. The van der Waals surface area contributed by atoms with E-state index >= 15 is 0 Å². The Hall–Kier alpha value is -0.840. The molecule has 0 saturated carbocycles. The zero-order chi connectivity index (χ0) is 13.5. The van der Waals surface area contributed by atoms with Crippen LogP contribution in [0, 0.1) is 0 Å². The summed E-state index contributed by atoms with van der Waals surface area (Å²) in [5.41, 5.74) is 0.170. The molecule has 0 aliphatic carbocycles. The van der Waals surface area contributed by atoms with Gasteiger partial charge in [-0.05, 0) is 25.2 Å². The highest BCUT2D eigenvalue weighted by atomic mass is 35.5. The van der Waals surface area contributed by atoms with Crippen molar-refractivity contribution < 1.29 is 4.79 Å². The average molecular weight is 290 g/mol. The lowest BCUT2D eigenvalue weighted by atomic mass is 10.3. The summed E-state index contributed by atoms with van der Waals surface area (Å²) in [6.45, 7) is 7.45. The van der Waals surface area contributed by atoms with Crippen LogP contribution in [0.5, 0.6) is 0 Å². The van der Waals surface area contributed by atoms with Crippen LogP contribution in [0.4, 0.5) is 0 Å². The van der Waals surface area contributed by atoms with Crippen LogP contribution >= 0.6 is 23.2 Å². The molecule has 0 aliphatic heterocycles. The number of likely N-dealkylation sites (N-methyl/N-ethyl adjacent to an activating group) is 1. The van der Waals surface area contributed by atoms with E-state index in [0.29, 0.717) is 11.6 Å². The van der Waals surface area contributed by atoms with E-state index in [1.54, 1.807) is 12.1 Å². The molecule has 1 aromatic rings. The van der Waals surface area contributed by atoms with Crippen LogP contribution in [-0.2, 0) is 0 Å². The van der Waals surface area contributed by atoms with Gasteiger partial charge in [0.05, 0.1) is 5.02 Å². The second-order valence-electron chi connectivity index (χ2n) is 3.75. The number of nitrogens with zero attached hydrogens (tertiary/aromatic N) is 2. The Balaban J connectivity index is 2.53. The standard InChI is InChI=1S/C12H17Cl2N3O/c1-3-17(4-2)8-7-15-12(18)11-9(13)5-6-10(14)16-11/h5-6H,3-4,7-8H2,1-2H3,(H,15,18). The van der Waals surface area contributed by atoms with Gasteiger partial charge in [-0.25, -0.2) is 4.98 Å². The molecule has 0 atom stereocenters. The van der Waals surface area contributed by atoms with E-state index in [2.05, 4.69) is 29.0 Å². The van der Waals surface area contributed by atoms with Crippen LogP contribution in [-0.4, -0.2) is 42.0 Å². The van der Waals surface area contributed by atoms with Crippen LogP contribution in [0.3, 0.4) is 0 Å². The molecule has 0 saturated heterocycles. The van der Waals surface area contributed by atoms with Gasteiger partial charge in [0.1, 0.15) is 10.8 Å². The number of amides is 1. The van der Waals surface area contributed by atoms with Gasteiger partial charge in [0.25, 0.3) is 5.91 Å². The van der Waals surface area contributed by atoms with Gasteiger partial charge in [-0.2, -0.15) is 0 Å². The molecular formula is C12H17Cl2N3O. The third-order valence-electron chi connectivity index (χ3n) is 2.64. The van der Waals surface area contributed by atoms with Crippen molar-refractivity contribution in [2.75, 3.05) is 26.2 Å². The molecule has 4 nitrogen and oxygen atoms in total. The highest BCUT2D eigenvalue weighted by Gasteiger charge is 2.12. The fraction of sp³-hybridized carbons (Fsp3) is 0.500. The van der Waals surface area contributed by atoms with Crippen molar-refractivity contribution in [1.29, 1.82) is 0 Å². The van der Waals surface area contributed by atoms with E-state index in [-0.39, 0.29) is 16.8 Å². The van der Waals surface area contributed by atoms with Gasteiger partial charge in [0, 0.05) is 13.1 Å². The summed E-state index contributed by atoms with van der Waals surface area (Å²) in [7, 11) is 0. The maximum Gasteiger partial charge on any atom is 0.271 e. The summed E-state index contributed by atoms with van der Waals surface area (Å²) in [4.78, 5) is 18.0. The van der Waals surface area contributed by atoms with Gasteiger partial charge in [-0.15, -0.1) is 0 Å². The molecule has 0 aromatic carbocycles. The van der Waals surface area contributed by atoms with E-state index in [9.17, 15) is 4.79 Å². The predicted octanol–water partition coefficient (Wildman–Crippen LogP) is 2.46. The average Bonchev–Trinajstić information content (AvgIpc) is 2.37. The predicted molar refractivity (Wildman–Crippen MR) is 74.4 cm³/mol. The molecule has 1 aromatic heterocycles. The summed E-state index contributed by atoms with van der Waals surface area (Å²) >= 11 is 11.6. The molecule has 0 bridgehead atoms. The highest BCUT2D eigenvalue weighted by molar-refractivity contribution is 6.34. The van der Waals surface area contributed by atoms with Crippen molar-refractivity contribution in [1.82, 2.24) is 15.2 Å². The number of nitrogens with one attached hydrogen (secondary N) is 1. The second-order valence-corrected chi connectivity index (χ2v) is 4.54. The Morgan fingerprint density at radius 2 is 2.00 bits per heavy atom. The van der Waals surface area contributed by atoms with Gasteiger partial charge in [-0.3, -0.25) is 4.79 Å². The Kier molecular flexibility index (Phi) is 6.39. The van der Waals surface area contributed by atoms with E-state index in [1.165, 1.54) is 0 Å². The summed E-state index contributed by atoms with van der Waals surface area (Å²) in [6, 6.07) is 3.12. The van der Waals surface area contributed by atoms with Crippen LogP contribution in [0.1, 0.15) is 24.3 Å². The van der Waals surface area contributed by atoms with Crippen molar-refractivity contribution in [3.63, 3.8) is 0 Å². The molecule has 0 unspecified atom stereocenters. The van der Waals surface area contributed by atoms with Gasteiger partial charge in [-0.1, -0.05) is 37.0 Å². The minimum Gasteiger partial charge on any atom is -0.349 e. The molecule has 0 spiro atoms. The number of hydrogen-bond donors (Lipinski definition) is 1. The Morgan fingerprint density at radius 3 is 2.61 bits per heavy atom. The lowest BCUT2D eigenvalue weighted by molar-refractivity contribution is 0.0944. The summed E-state index contributed by atoms with van der Waals surface area (Å²) in [5.74, 6) is -0.297. The Bertz CT molecular complexity index is 408. The zero-order valence-corrected chi connectivity index (χ0v) is 12.1. The summed E-state index contributed by atoms with van der Waals surface area (Å²) in [6.07, 6.45) is 0. The van der Waals surface area contributed by atoms with Crippen LogP contribution in [0.15, 0.2) is 12.1 Å². The van der Waals surface area contributed by atoms with Gasteiger partial charge in [0.15, 0.2) is 0 Å². The molecule has 18 heavy (non-hydrogen) atoms. The Labute approximate surface area is 117 Å². The van der Waals surface area contributed by atoms with Crippen molar-refractivity contribution in [3.05, 3.63) is 28.0 Å². The molecular weight excluding hydrogens is 273 g/mol. The molecule has 1 amide bonds. The first-order valence-corrected chi connectivity index (χ1v) is 6.66. The SMILES string of the molecule is CCN(CC)CCNC(=O)c1nc(Cl)ccc1Cl. The molecule has 1 heterocycles. The quantitative estimate of drug-likeness (QED) is 0.819. The summed E-state index contributed by atoms with van der Waals surface area (Å²) < 4.78 is 0. The number of carbonyl (C=O) groups is 1. The molecule has 0 aliphatic rings. The first-order chi connectivity index (χ1) is 8.58. The molecule has 100 valence electrons. The Morgan fingerprint density at radius 1 is 1.33 bits per heavy atom. The minimum atomic E-state index is -0.297. The fourth-order valence-corrected chi connectivity index (χ4v) is 1.87. The lowest BCUT2D eigenvalue weighted by Crippen LogP contribution is -2.35. The van der Waals surface area contributed by atoms with Crippen molar-refractivity contribution >= 4 is 29.1 Å². The first-order valence-electron chi connectivity index (χ1n) is 5.91. The fourth-order valence-electron chi connectivity index (χ4n) is 1.53. The highest BCUT2D eigenvalue weighted by Crippen LogP contribution is 2.16. The van der Waals surface area contributed by atoms with Gasteiger partial charge >= 0.3 is 0 Å². The van der Waals surface area contributed by atoms with E-state index in [4.69, 9.17) is 23.2 Å². The minimum absolute atomic E-state index is 0.170. The number of hydrogen-bond acceptors (Lipinski definition) is 3. The number of rotatable bonds is 6. The molecule has 0 fully saturated rings. The van der Waals surface area contributed by atoms with Crippen LogP contribution in [0.25, 0.3) is 0 Å². The summed E-state index contributed by atoms with van der Waals surface area (Å²) in [5, 5.41) is 3.34. The zero-order valence-electron chi connectivity index (χ0n) is 10.5. The molecule has 0 radical (unpaired) electrons. The molecule has 1 N–H and O–H groups in total. The largest absolute Gasteiger partial charge is 0.349 e. The smallest absolute Gasteiger partial charge is 0.271 e. The maximum atomic E-state index is 11.8. The van der Waals surface area contributed by atoms with E-state index < -0.39 is 0 Å². The number of carbonyl (C=O) groups excluding carboxylic acids is 1. The van der Waals surface area contributed by atoms with Crippen LogP contribution < -0.4 is 5.32 Å². The van der Waals surface area contributed by atoms with E-state index in [1.807, 2.05) is 0 Å². The van der Waals surface area contributed by atoms with Crippen LogP contribution in [0.2, 0.25) is 10.2 Å². The molecule has 1 rings (SSSR count). The van der Waals surface area contributed by atoms with Gasteiger partial charge in [0.2, 0.25) is 0 Å². The van der Waals surface area contributed by atoms with Crippen molar-refractivity contribution in [2.45, 2.75) is 13.8 Å². The van der Waals surface area contributed by atoms with Crippen molar-refractivity contribution in [3.8, 4) is 0 Å². The van der Waals surface area contributed by atoms with E-state index in [0.717, 1.165) is 19.6 Å².